The molecule has 0 aliphatic rings. The van der Waals surface area contributed by atoms with Gasteiger partial charge in [-0.2, -0.15) is 8.42 Å². The third kappa shape index (κ3) is 18.4. The molecular formula is C6H14O6S. The molecule has 0 unspecified atom stereocenters. The van der Waals surface area contributed by atoms with E-state index in [9.17, 15) is 13.2 Å². The van der Waals surface area contributed by atoms with Crippen LogP contribution >= 0.6 is 0 Å². The van der Waals surface area contributed by atoms with E-state index in [-0.39, 0.29) is 5.75 Å². The van der Waals surface area contributed by atoms with Crippen molar-refractivity contribution in [1.82, 2.24) is 0 Å². The van der Waals surface area contributed by atoms with Crippen LogP contribution in [0.5, 0.6) is 0 Å². The van der Waals surface area contributed by atoms with Gasteiger partial charge in [-0.25, -0.2) is 4.79 Å². The van der Waals surface area contributed by atoms with Gasteiger partial charge in [-0.1, -0.05) is 0 Å². The molecule has 0 aromatic carbocycles. The van der Waals surface area contributed by atoms with Gasteiger partial charge >= 0.3 is 5.97 Å². The number of carbonyl (C=O) groups excluding carboxylic acids is 1. The highest BCUT2D eigenvalue weighted by atomic mass is 32.2. The van der Waals surface area contributed by atoms with Gasteiger partial charge in [0.05, 0.1) is 12.4 Å². The number of esters is 1. The Balaban J connectivity index is 0. The molecule has 6 nitrogen and oxygen atoms in total. The molecule has 0 aliphatic carbocycles. The maximum atomic E-state index is 9.94. The SMILES string of the molecule is CCOC(=O)CO.CCS(=O)(=O)O. The van der Waals surface area contributed by atoms with Crippen LogP contribution in [-0.2, 0) is 19.6 Å². The number of carbonyl (C=O) groups is 1. The molecule has 0 aromatic rings. The Kier molecular flexibility index (Phi) is 9.09. The van der Waals surface area contributed by atoms with Crippen molar-refractivity contribution in [3.63, 3.8) is 0 Å². The number of hydrogen-bond acceptors (Lipinski definition) is 5. The number of aliphatic hydroxyl groups excluding tert-OH is 1. The van der Waals surface area contributed by atoms with Gasteiger partial charge in [0, 0.05) is 0 Å². The lowest BCUT2D eigenvalue weighted by Crippen LogP contribution is -2.07. The van der Waals surface area contributed by atoms with Gasteiger partial charge in [-0.15, -0.1) is 0 Å². The van der Waals surface area contributed by atoms with Crippen molar-refractivity contribution in [3.05, 3.63) is 0 Å². The molecule has 0 amide bonds. The van der Waals surface area contributed by atoms with Gasteiger partial charge < -0.3 is 9.84 Å². The summed E-state index contributed by atoms with van der Waals surface area (Å²) in [7, 11) is -3.66. The maximum absolute atomic E-state index is 9.94. The molecule has 0 atom stereocenters. The second kappa shape index (κ2) is 7.96. The van der Waals surface area contributed by atoms with Crippen LogP contribution in [0.1, 0.15) is 13.8 Å². The van der Waals surface area contributed by atoms with E-state index in [1.165, 1.54) is 6.92 Å². The summed E-state index contributed by atoms with van der Waals surface area (Å²) in [5.41, 5.74) is 0. The zero-order valence-corrected chi connectivity index (χ0v) is 8.37. The molecule has 0 radical (unpaired) electrons. The molecule has 7 heteroatoms. The lowest BCUT2D eigenvalue weighted by Gasteiger charge is -1.93. The summed E-state index contributed by atoms with van der Waals surface area (Å²) in [6.45, 7) is 2.87. The molecule has 13 heavy (non-hydrogen) atoms. The van der Waals surface area contributed by atoms with Gasteiger partial charge in [-0.3, -0.25) is 4.55 Å². The minimum absolute atomic E-state index is 0.201. The number of aliphatic hydroxyl groups is 1. The van der Waals surface area contributed by atoms with Gasteiger partial charge in [-0.05, 0) is 13.8 Å². The van der Waals surface area contributed by atoms with Crippen LogP contribution < -0.4 is 0 Å². The van der Waals surface area contributed by atoms with E-state index in [0.717, 1.165) is 0 Å². The van der Waals surface area contributed by atoms with Crippen LogP contribution in [-0.4, -0.2) is 43.0 Å². The summed E-state index contributed by atoms with van der Waals surface area (Å²) in [5.74, 6) is -0.769. The van der Waals surface area contributed by atoms with E-state index in [1.807, 2.05) is 0 Å². The van der Waals surface area contributed by atoms with Crippen molar-refractivity contribution in [2.24, 2.45) is 0 Å². The van der Waals surface area contributed by atoms with Crippen molar-refractivity contribution in [1.29, 1.82) is 0 Å². The molecule has 0 saturated carbocycles. The van der Waals surface area contributed by atoms with E-state index in [0.29, 0.717) is 6.61 Å². The Labute approximate surface area is 77.3 Å². The Morgan fingerprint density at radius 1 is 1.38 bits per heavy atom. The summed E-state index contributed by atoms with van der Waals surface area (Å²) in [5, 5.41) is 7.99. The highest BCUT2D eigenvalue weighted by Crippen LogP contribution is 1.74. The van der Waals surface area contributed by atoms with Crippen molar-refractivity contribution in [2.75, 3.05) is 19.0 Å². The molecular weight excluding hydrogens is 200 g/mol. The topological polar surface area (TPSA) is 101 Å². The minimum Gasteiger partial charge on any atom is -0.464 e. The van der Waals surface area contributed by atoms with E-state index in [1.54, 1.807) is 6.92 Å². The van der Waals surface area contributed by atoms with Crippen LogP contribution in [0.3, 0.4) is 0 Å². The summed E-state index contributed by atoms with van der Waals surface area (Å²) >= 11 is 0. The largest absolute Gasteiger partial charge is 0.464 e. The Hall–Kier alpha value is -0.660. The average molecular weight is 214 g/mol. The molecule has 0 aliphatic heterocycles. The Bertz CT molecular complexity index is 219. The quantitative estimate of drug-likeness (QED) is 0.482. The molecule has 2 N–H and O–H groups in total. The first kappa shape index (κ1) is 14.8. The summed E-state index contributed by atoms with van der Waals surface area (Å²) in [6.07, 6.45) is 0. The fraction of sp³-hybridized carbons (Fsp3) is 0.833. The zero-order chi connectivity index (χ0) is 10.9. The molecule has 0 aromatic heterocycles. The van der Waals surface area contributed by atoms with Gasteiger partial charge in [0.2, 0.25) is 0 Å². The molecule has 0 rings (SSSR count). The van der Waals surface area contributed by atoms with Crippen molar-refractivity contribution in [2.45, 2.75) is 13.8 Å². The first-order chi connectivity index (χ1) is 5.87. The van der Waals surface area contributed by atoms with Gasteiger partial charge in [0.25, 0.3) is 10.1 Å². The second-order valence-corrected chi connectivity index (χ2v) is 3.57. The fourth-order valence-electron chi connectivity index (χ4n) is 0.207. The van der Waals surface area contributed by atoms with Gasteiger partial charge in [0.15, 0.2) is 0 Å². The molecule has 0 saturated heterocycles. The van der Waals surface area contributed by atoms with Crippen LogP contribution in [0.4, 0.5) is 0 Å². The van der Waals surface area contributed by atoms with Crippen molar-refractivity contribution < 1.29 is 27.6 Å². The van der Waals surface area contributed by atoms with Gasteiger partial charge in [0.1, 0.15) is 6.61 Å². The summed E-state index contributed by atoms with van der Waals surface area (Å²) in [6, 6.07) is 0. The monoisotopic (exact) mass is 214 g/mol. The van der Waals surface area contributed by atoms with Crippen LogP contribution in [0, 0.1) is 0 Å². The highest BCUT2D eigenvalue weighted by Gasteiger charge is 1.93. The number of ether oxygens (including phenoxy) is 1. The normalized spacial score (nSPS) is 9.85. The number of rotatable bonds is 3. The van der Waals surface area contributed by atoms with Crippen molar-refractivity contribution in [3.8, 4) is 0 Å². The molecule has 80 valence electrons. The van der Waals surface area contributed by atoms with Crippen molar-refractivity contribution >= 4 is 16.1 Å². The zero-order valence-electron chi connectivity index (χ0n) is 7.56. The molecule has 0 bridgehead atoms. The second-order valence-electron chi connectivity index (χ2n) is 1.83. The van der Waals surface area contributed by atoms with E-state index in [4.69, 9.17) is 9.66 Å². The first-order valence-corrected chi connectivity index (χ1v) is 5.19. The lowest BCUT2D eigenvalue weighted by molar-refractivity contribution is -0.146. The van der Waals surface area contributed by atoms with E-state index in [2.05, 4.69) is 4.74 Å². The lowest BCUT2D eigenvalue weighted by atomic mass is 10.7. The molecule has 0 spiro atoms. The number of hydrogen-bond donors (Lipinski definition) is 2. The van der Waals surface area contributed by atoms with Crippen LogP contribution in [0.2, 0.25) is 0 Å². The van der Waals surface area contributed by atoms with Crippen LogP contribution in [0.15, 0.2) is 0 Å². The third-order valence-electron chi connectivity index (χ3n) is 0.799. The highest BCUT2D eigenvalue weighted by molar-refractivity contribution is 7.85. The standard InChI is InChI=1S/C4H8O3.C2H6O3S/c1-2-7-4(6)3-5;1-2-6(3,4)5/h5H,2-3H2,1H3;2H2,1H3,(H,3,4,5). The summed E-state index contributed by atoms with van der Waals surface area (Å²) in [4.78, 5) is 9.94. The fourth-order valence-corrected chi connectivity index (χ4v) is 0.207. The Morgan fingerprint density at radius 2 is 1.77 bits per heavy atom. The predicted molar refractivity (Wildman–Crippen MR) is 45.8 cm³/mol. The average Bonchev–Trinajstić information content (AvgIpc) is 2.05. The maximum Gasteiger partial charge on any atom is 0.331 e. The summed E-state index contributed by atoms with van der Waals surface area (Å²) < 4.78 is 31.2. The Morgan fingerprint density at radius 3 is 1.85 bits per heavy atom. The molecule has 0 fully saturated rings. The van der Waals surface area contributed by atoms with Crippen LogP contribution in [0.25, 0.3) is 0 Å². The first-order valence-electron chi connectivity index (χ1n) is 3.59. The van der Waals surface area contributed by atoms with E-state index >= 15 is 0 Å². The smallest absolute Gasteiger partial charge is 0.331 e. The molecule has 0 heterocycles. The third-order valence-corrected chi connectivity index (χ3v) is 1.53. The van der Waals surface area contributed by atoms with E-state index < -0.39 is 22.7 Å². The minimum atomic E-state index is -3.66. The predicted octanol–water partition coefficient (Wildman–Crippen LogP) is -0.564.